The lowest BCUT2D eigenvalue weighted by Gasteiger charge is -2.35. The van der Waals surface area contributed by atoms with Crippen molar-refractivity contribution < 1.29 is 4.79 Å². The summed E-state index contributed by atoms with van der Waals surface area (Å²) in [4.78, 5) is 20.2. The molecule has 0 radical (unpaired) electrons. The Balaban J connectivity index is 0.00000176. The number of piperazine rings is 1. The average Bonchev–Trinajstić information content (AvgIpc) is 3.14. The van der Waals surface area contributed by atoms with Gasteiger partial charge in [-0.2, -0.15) is 0 Å². The number of nitrogens with one attached hydrogen (secondary N) is 1. The van der Waals surface area contributed by atoms with Crippen LogP contribution in [-0.4, -0.2) is 40.0 Å². The third-order valence-corrected chi connectivity index (χ3v) is 4.93. The van der Waals surface area contributed by atoms with E-state index in [1.807, 2.05) is 28.1 Å². The molecule has 3 heterocycles. The van der Waals surface area contributed by atoms with Gasteiger partial charge in [0.2, 0.25) is 0 Å². The Morgan fingerprint density at radius 1 is 1.55 bits per heavy atom. The van der Waals surface area contributed by atoms with E-state index >= 15 is 0 Å². The number of thiophene rings is 1. The van der Waals surface area contributed by atoms with Gasteiger partial charge < -0.3 is 14.8 Å². The summed E-state index contributed by atoms with van der Waals surface area (Å²) in [7, 11) is 1.97. The molecule has 0 aliphatic carbocycles. The topological polar surface area (TPSA) is 50.2 Å². The third kappa shape index (κ3) is 3.04. The molecule has 7 heteroatoms. The van der Waals surface area contributed by atoms with Crippen molar-refractivity contribution in [3.05, 3.63) is 40.1 Å². The third-order valence-electron chi connectivity index (χ3n) is 3.98. The highest BCUT2D eigenvalue weighted by atomic mass is 35.5. The smallest absolute Gasteiger partial charge is 0.264 e. The van der Waals surface area contributed by atoms with Crippen LogP contribution in [0.25, 0.3) is 0 Å². The van der Waals surface area contributed by atoms with Crippen LogP contribution in [0.4, 0.5) is 0 Å². The van der Waals surface area contributed by atoms with E-state index in [0.29, 0.717) is 0 Å². The minimum Gasteiger partial charge on any atom is -0.336 e. The standard InChI is InChI=1S/C15H20N4OS.ClH/c1-3-11-4-9-21-13(11)15(20)19-8-5-16-10-12(19)14-17-6-7-18(14)2;/h4,6-7,9,12,16H,3,5,8,10H2,1-2H3;1H. The Morgan fingerprint density at radius 2 is 2.36 bits per heavy atom. The van der Waals surface area contributed by atoms with Crippen LogP contribution >= 0.6 is 23.7 Å². The van der Waals surface area contributed by atoms with Crippen LogP contribution in [0.3, 0.4) is 0 Å². The fraction of sp³-hybridized carbons (Fsp3) is 0.467. The molecule has 120 valence electrons. The summed E-state index contributed by atoms with van der Waals surface area (Å²) in [6.07, 6.45) is 4.61. The van der Waals surface area contributed by atoms with Gasteiger partial charge in [0.15, 0.2) is 0 Å². The van der Waals surface area contributed by atoms with Crippen molar-refractivity contribution in [1.82, 2.24) is 19.8 Å². The molecule has 1 N–H and O–H groups in total. The van der Waals surface area contributed by atoms with Gasteiger partial charge in [0, 0.05) is 39.1 Å². The largest absolute Gasteiger partial charge is 0.336 e. The van der Waals surface area contributed by atoms with Crippen molar-refractivity contribution in [2.75, 3.05) is 19.6 Å². The van der Waals surface area contributed by atoms with Gasteiger partial charge in [-0.25, -0.2) is 4.98 Å². The van der Waals surface area contributed by atoms with Gasteiger partial charge in [-0.15, -0.1) is 23.7 Å². The number of imidazole rings is 1. The fourth-order valence-electron chi connectivity index (χ4n) is 2.81. The molecule has 2 aromatic heterocycles. The molecule has 0 aromatic carbocycles. The zero-order valence-electron chi connectivity index (χ0n) is 12.8. The van der Waals surface area contributed by atoms with Crippen molar-refractivity contribution in [2.24, 2.45) is 7.05 Å². The van der Waals surface area contributed by atoms with Gasteiger partial charge in [-0.05, 0) is 23.4 Å². The molecule has 1 aliphatic rings. The molecule has 1 saturated heterocycles. The van der Waals surface area contributed by atoms with E-state index in [-0.39, 0.29) is 24.4 Å². The lowest BCUT2D eigenvalue weighted by molar-refractivity contribution is 0.0625. The number of aromatic nitrogens is 2. The van der Waals surface area contributed by atoms with E-state index in [0.717, 1.165) is 42.3 Å². The molecule has 1 unspecified atom stereocenters. The summed E-state index contributed by atoms with van der Waals surface area (Å²) in [5.41, 5.74) is 1.14. The lowest BCUT2D eigenvalue weighted by Crippen LogP contribution is -2.49. The van der Waals surface area contributed by atoms with Crippen LogP contribution in [0.5, 0.6) is 0 Å². The molecule has 1 amide bonds. The molecule has 5 nitrogen and oxygen atoms in total. The van der Waals surface area contributed by atoms with Gasteiger partial charge >= 0.3 is 0 Å². The van der Waals surface area contributed by atoms with E-state index in [2.05, 4.69) is 23.3 Å². The quantitative estimate of drug-likeness (QED) is 0.932. The number of rotatable bonds is 3. The van der Waals surface area contributed by atoms with E-state index in [9.17, 15) is 4.79 Å². The summed E-state index contributed by atoms with van der Waals surface area (Å²) in [6.45, 7) is 4.40. The van der Waals surface area contributed by atoms with Crippen molar-refractivity contribution in [3.8, 4) is 0 Å². The maximum Gasteiger partial charge on any atom is 0.264 e. The van der Waals surface area contributed by atoms with Gasteiger partial charge in [0.1, 0.15) is 11.9 Å². The van der Waals surface area contributed by atoms with E-state index in [1.54, 1.807) is 17.5 Å². The summed E-state index contributed by atoms with van der Waals surface area (Å²) in [5, 5.41) is 5.37. The molecule has 22 heavy (non-hydrogen) atoms. The Morgan fingerprint density at radius 3 is 3.05 bits per heavy atom. The first-order valence-electron chi connectivity index (χ1n) is 7.27. The first-order chi connectivity index (χ1) is 10.2. The van der Waals surface area contributed by atoms with Crippen molar-refractivity contribution in [1.29, 1.82) is 0 Å². The predicted octanol–water partition coefficient (Wildman–Crippen LogP) is 2.25. The number of hydrogen-bond donors (Lipinski definition) is 1. The van der Waals surface area contributed by atoms with Crippen LogP contribution in [0.1, 0.15) is 34.0 Å². The van der Waals surface area contributed by atoms with Gasteiger partial charge in [0.25, 0.3) is 5.91 Å². The molecular weight excluding hydrogens is 320 g/mol. The van der Waals surface area contributed by atoms with E-state index in [4.69, 9.17) is 0 Å². The molecule has 1 fully saturated rings. The van der Waals surface area contributed by atoms with Crippen LogP contribution < -0.4 is 5.32 Å². The highest BCUT2D eigenvalue weighted by Gasteiger charge is 2.32. The summed E-state index contributed by atoms with van der Waals surface area (Å²) >= 11 is 1.54. The maximum absolute atomic E-state index is 12.9. The molecule has 3 rings (SSSR count). The molecule has 2 aromatic rings. The Kier molecular flexibility index (Phi) is 5.61. The highest BCUT2D eigenvalue weighted by Crippen LogP contribution is 2.26. The highest BCUT2D eigenvalue weighted by molar-refractivity contribution is 7.12. The van der Waals surface area contributed by atoms with Crippen molar-refractivity contribution in [2.45, 2.75) is 19.4 Å². The minimum absolute atomic E-state index is 0. The first kappa shape index (κ1) is 17.0. The van der Waals surface area contributed by atoms with Crippen LogP contribution in [0.15, 0.2) is 23.8 Å². The second-order valence-corrected chi connectivity index (χ2v) is 6.16. The number of amides is 1. The van der Waals surface area contributed by atoms with Crippen LogP contribution in [0, 0.1) is 0 Å². The number of nitrogens with zero attached hydrogens (tertiary/aromatic N) is 3. The summed E-state index contributed by atoms with van der Waals surface area (Å²) in [6, 6.07) is 2.05. The lowest BCUT2D eigenvalue weighted by atomic mass is 10.1. The second kappa shape index (κ2) is 7.26. The minimum atomic E-state index is -0.00180. The second-order valence-electron chi connectivity index (χ2n) is 5.24. The first-order valence-corrected chi connectivity index (χ1v) is 8.15. The monoisotopic (exact) mass is 340 g/mol. The predicted molar refractivity (Wildman–Crippen MR) is 90.8 cm³/mol. The van der Waals surface area contributed by atoms with Crippen LogP contribution in [-0.2, 0) is 13.5 Å². The molecule has 1 aliphatic heterocycles. The molecular formula is C15H21ClN4OS. The van der Waals surface area contributed by atoms with Gasteiger partial charge in [0.05, 0.1) is 4.88 Å². The zero-order chi connectivity index (χ0) is 14.8. The number of aryl methyl sites for hydroxylation is 2. The Bertz CT molecular complexity index is 639. The summed E-state index contributed by atoms with van der Waals surface area (Å²) < 4.78 is 1.99. The maximum atomic E-state index is 12.9. The van der Waals surface area contributed by atoms with E-state index < -0.39 is 0 Å². The number of hydrogen-bond acceptors (Lipinski definition) is 4. The Labute approximate surface area is 140 Å². The Hall–Kier alpha value is -1.37. The molecule has 0 spiro atoms. The normalized spacial score (nSPS) is 18.1. The van der Waals surface area contributed by atoms with Crippen molar-refractivity contribution >= 4 is 29.7 Å². The van der Waals surface area contributed by atoms with Crippen molar-refractivity contribution in [3.63, 3.8) is 0 Å². The average molecular weight is 341 g/mol. The number of carbonyl (C=O) groups excluding carboxylic acids is 1. The zero-order valence-corrected chi connectivity index (χ0v) is 14.4. The molecule has 1 atom stereocenters. The van der Waals surface area contributed by atoms with Gasteiger partial charge in [-0.3, -0.25) is 4.79 Å². The SMILES string of the molecule is CCc1ccsc1C(=O)N1CCNCC1c1nccn1C.Cl. The molecule has 0 saturated carbocycles. The number of halogens is 1. The van der Waals surface area contributed by atoms with Crippen LogP contribution in [0.2, 0.25) is 0 Å². The summed E-state index contributed by atoms with van der Waals surface area (Å²) in [5.74, 6) is 1.07. The number of carbonyl (C=O) groups is 1. The van der Waals surface area contributed by atoms with E-state index in [1.165, 1.54) is 0 Å². The van der Waals surface area contributed by atoms with Gasteiger partial charge in [-0.1, -0.05) is 6.92 Å². The fourth-order valence-corrected chi connectivity index (χ4v) is 3.76. The molecule has 0 bridgehead atoms.